The second kappa shape index (κ2) is 5.58. The van der Waals surface area contributed by atoms with E-state index in [4.69, 9.17) is 0 Å². The second-order valence-corrected chi connectivity index (χ2v) is 5.67. The molecule has 1 aromatic carbocycles. The van der Waals surface area contributed by atoms with Gasteiger partial charge in [-0.1, -0.05) is 43.8 Å². The van der Waals surface area contributed by atoms with E-state index in [2.05, 4.69) is 49.3 Å². The summed E-state index contributed by atoms with van der Waals surface area (Å²) in [5.74, 6) is 0. The van der Waals surface area contributed by atoms with Crippen LogP contribution in [-0.4, -0.2) is 17.0 Å². The van der Waals surface area contributed by atoms with Gasteiger partial charge in [0.05, 0.1) is 6.54 Å². The monoisotopic (exact) mass is 248 g/mol. The first kappa shape index (κ1) is 12.5. The fourth-order valence-electron chi connectivity index (χ4n) is 2.01. The van der Waals surface area contributed by atoms with Crippen LogP contribution in [0.5, 0.6) is 0 Å². The summed E-state index contributed by atoms with van der Waals surface area (Å²) in [7, 11) is 0. The van der Waals surface area contributed by atoms with Gasteiger partial charge in [0.25, 0.3) is 0 Å². The Balaban J connectivity index is 2.14. The van der Waals surface area contributed by atoms with Gasteiger partial charge >= 0.3 is 0 Å². The normalized spacial score (nSPS) is 19.2. The molecule has 1 N–H and O–H groups in total. The van der Waals surface area contributed by atoms with Crippen LogP contribution in [0.4, 0.5) is 5.69 Å². The summed E-state index contributed by atoms with van der Waals surface area (Å²) in [6.45, 7) is 7.52. The van der Waals surface area contributed by atoms with Gasteiger partial charge in [-0.25, -0.2) is 0 Å². The van der Waals surface area contributed by atoms with Gasteiger partial charge in [-0.3, -0.25) is 4.99 Å². The number of nitrogens with one attached hydrogen (secondary N) is 1. The molecule has 0 aromatic heterocycles. The molecule has 0 fully saturated rings. The van der Waals surface area contributed by atoms with Crippen molar-refractivity contribution in [2.45, 2.75) is 38.9 Å². The molecule has 0 saturated heterocycles. The van der Waals surface area contributed by atoms with E-state index in [9.17, 15) is 0 Å². The zero-order valence-corrected chi connectivity index (χ0v) is 11.6. The molecule has 2 rings (SSSR count). The number of hydrogen-bond donors (Lipinski definition) is 1. The third-order valence-corrected chi connectivity index (χ3v) is 4.41. The van der Waals surface area contributed by atoms with E-state index in [0.717, 1.165) is 18.1 Å². The number of nitrogens with zero attached hydrogens (tertiary/aromatic N) is 1. The molecule has 0 bridgehead atoms. The molecule has 1 aliphatic rings. The van der Waals surface area contributed by atoms with E-state index >= 15 is 0 Å². The van der Waals surface area contributed by atoms with E-state index in [-0.39, 0.29) is 0 Å². The van der Waals surface area contributed by atoms with Crippen LogP contribution in [0, 0.1) is 6.92 Å². The van der Waals surface area contributed by atoms with Gasteiger partial charge < -0.3 is 5.32 Å². The van der Waals surface area contributed by atoms with Crippen LogP contribution in [0.15, 0.2) is 23.2 Å². The van der Waals surface area contributed by atoms with Crippen LogP contribution >= 0.6 is 11.8 Å². The number of anilines is 1. The van der Waals surface area contributed by atoms with Crippen LogP contribution in [0.2, 0.25) is 0 Å². The average Bonchev–Trinajstić information content (AvgIpc) is 2.79. The molecule has 1 aromatic rings. The van der Waals surface area contributed by atoms with Gasteiger partial charge in [0, 0.05) is 10.9 Å². The Morgan fingerprint density at radius 3 is 2.88 bits per heavy atom. The van der Waals surface area contributed by atoms with Crippen molar-refractivity contribution >= 4 is 22.6 Å². The molecule has 1 atom stereocenters. The Morgan fingerprint density at radius 1 is 1.41 bits per heavy atom. The lowest BCUT2D eigenvalue weighted by Crippen LogP contribution is -2.10. The molecular formula is C14H20N2S. The molecule has 1 unspecified atom stereocenters. The first-order valence-corrected chi connectivity index (χ1v) is 7.19. The highest BCUT2D eigenvalue weighted by Gasteiger charge is 2.18. The standard InChI is InChI=1S/C14H20N2S/c1-4-11-8-6-7-10(3)13(11)16-14-15-9-12(5-2)17-14/h6-8,12H,4-5,9H2,1-3H3,(H,15,16). The maximum absolute atomic E-state index is 4.57. The minimum Gasteiger partial charge on any atom is -0.335 e. The lowest BCUT2D eigenvalue weighted by atomic mass is 10.1. The first-order valence-electron chi connectivity index (χ1n) is 6.31. The van der Waals surface area contributed by atoms with Gasteiger partial charge in [0.15, 0.2) is 5.17 Å². The second-order valence-electron chi connectivity index (χ2n) is 4.38. The summed E-state index contributed by atoms with van der Waals surface area (Å²) in [6, 6.07) is 6.46. The van der Waals surface area contributed by atoms with Crippen molar-refractivity contribution in [2.24, 2.45) is 4.99 Å². The molecule has 0 spiro atoms. The highest BCUT2D eigenvalue weighted by atomic mass is 32.2. The summed E-state index contributed by atoms with van der Waals surface area (Å²) >= 11 is 1.87. The molecule has 92 valence electrons. The maximum Gasteiger partial charge on any atom is 0.161 e. The molecule has 0 amide bonds. The average molecular weight is 248 g/mol. The summed E-state index contributed by atoms with van der Waals surface area (Å²) in [6.07, 6.45) is 2.24. The van der Waals surface area contributed by atoms with Crippen molar-refractivity contribution in [2.75, 3.05) is 11.9 Å². The molecule has 2 nitrogen and oxygen atoms in total. The number of benzene rings is 1. The Morgan fingerprint density at radius 2 is 2.24 bits per heavy atom. The Hall–Kier alpha value is -0.960. The Labute approximate surface area is 108 Å². The van der Waals surface area contributed by atoms with Crippen molar-refractivity contribution in [1.82, 2.24) is 0 Å². The third-order valence-electron chi connectivity index (χ3n) is 3.14. The van der Waals surface area contributed by atoms with Gasteiger partial charge in [-0.15, -0.1) is 0 Å². The molecular weight excluding hydrogens is 228 g/mol. The topological polar surface area (TPSA) is 24.4 Å². The SMILES string of the molecule is CCc1cccc(C)c1NC1=NCC(CC)S1. The Kier molecular flexibility index (Phi) is 4.11. The molecule has 3 heteroatoms. The Bertz CT molecular complexity index is 426. The van der Waals surface area contributed by atoms with Crippen molar-refractivity contribution in [3.05, 3.63) is 29.3 Å². The largest absolute Gasteiger partial charge is 0.335 e. The van der Waals surface area contributed by atoms with Crippen molar-refractivity contribution in [3.8, 4) is 0 Å². The minimum atomic E-state index is 0.659. The molecule has 1 heterocycles. The lowest BCUT2D eigenvalue weighted by Gasteiger charge is -2.13. The highest BCUT2D eigenvalue weighted by Crippen LogP contribution is 2.27. The van der Waals surface area contributed by atoms with E-state index in [1.54, 1.807) is 0 Å². The predicted octanol–water partition coefficient (Wildman–Crippen LogP) is 3.85. The number of para-hydroxylation sites is 1. The summed E-state index contributed by atoms with van der Waals surface area (Å²) in [4.78, 5) is 4.57. The number of amidine groups is 1. The minimum absolute atomic E-state index is 0.659. The van der Waals surface area contributed by atoms with Gasteiger partial charge in [-0.2, -0.15) is 0 Å². The number of rotatable bonds is 3. The van der Waals surface area contributed by atoms with Gasteiger partial charge in [0.1, 0.15) is 0 Å². The smallest absolute Gasteiger partial charge is 0.161 e. The number of aryl methyl sites for hydroxylation is 2. The van der Waals surface area contributed by atoms with Crippen molar-refractivity contribution in [1.29, 1.82) is 0 Å². The fraction of sp³-hybridized carbons (Fsp3) is 0.500. The van der Waals surface area contributed by atoms with E-state index in [0.29, 0.717) is 5.25 Å². The lowest BCUT2D eigenvalue weighted by molar-refractivity contribution is 0.843. The van der Waals surface area contributed by atoms with Crippen LogP contribution in [0.3, 0.4) is 0 Å². The van der Waals surface area contributed by atoms with Gasteiger partial charge in [-0.05, 0) is 30.9 Å². The summed E-state index contributed by atoms with van der Waals surface area (Å²) < 4.78 is 0. The van der Waals surface area contributed by atoms with Crippen LogP contribution in [0.1, 0.15) is 31.4 Å². The third kappa shape index (κ3) is 2.83. The molecule has 0 aliphatic carbocycles. The maximum atomic E-state index is 4.57. The fourth-order valence-corrected chi connectivity index (χ4v) is 2.95. The van der Waals surface area contributed by atoms with Gasteiger partial charge in [0.2, 0.25) is 0 Å². The van der Waals surface area contributed by atoms with Crippen molar-refractivity contribution in [3.63, 3.8) is 0 Å². The summed E-state index contributed by atoms with van der Waals surface area (Å²) in [5.41, 5.74) is 3.92. The van der Waals surface area contributed by atoms with Crippen molar-refractivity contribution < 1.29 is 0 Å². The highest BCUT2D eigenvalue weighted by molar-refractivity contribution is 8.15. The zero-order valence-electron chi connectivity index (χ0n) is 10.8. The number of aliphatic imine (C=N–C) groups is 1. The number of thioether (sulfide) groups is 1. The zero-order chi connectivity index (χ0) is 12.3. The number of hydrogen-bond acceptors (Lipinski definition) is 3. The van der Waals surface area contributed by atoms with E-state index in [1.165, 1.54) is 23.2 Å². The predicted molar refractivity (Wildman–Crippen MR) is 78.2 cm³/mol. The van der Waals surface area contributed by atoms with Crippen LogP contribution in [-0.2, 0) is 6.42 Å². The van der Waals surface area contributed by atoms with Crippen LogP contribution in [0.25, 0.3) is 0 Å². The molecule has 1 aliphatic heterocycles. The van der Waals surface area contributed by atoms with E-state index in [1.807, 2.05) is 11.8 Å². The molecule has 17 heavy (non-hydrogen) atoms. The van der Waals surface area contributed by atoms with E-state index < -0.39 is 0 Å². The quantitative estimate of drug-likeness (QED) is 0.878. The first-order chi connectivity index (χ1) is 8.24. The summed E-state index contributed by atoms with van der Waals surface area (Å²) in [5, 5.41) is 5.25. The molecule has 0 radical (unpaired) electrons. The molecule has 0 saturated carbocycles. The van der Waals surface area contributed by atoms with Crippen LogP contribution < -0.4 is 5.32 Å².